The minimum Gasteiger partial charge on any atom is -0.394 e. The second-order valence-electron chi connectivity index (χ2n) is 25.0. The first-order chi connectivity index (χ1) is 39.6. The predicted molar refractivity (Wildman–Crippen MR) is 328 cm³/mol. The van der Waals surface area contributed by atoms with E-state index in [-0.39, 0.29) is 12.5 Å². The number of nitrogens with one attached hydrogen (secondary N) is 1. The summed E-state index contributed by atoms with van der Waals surface area (Å²) >= 11 is 0. The topological polar surface area (TPSA) is 228 Å². The van der Waals surface area contributed by atoms with Crippen LogP contribution in [0.5, 0.6) is 0 Å². The van der Waals surface area contributed by atoms with Crippen LogP contribution in [0.3, 0.4) is 0 Å². The van der Waals surface area contributed by atoms with Gasteiger partial charge in [0.1, 0.15) is 48.8 Å². The second kappa shape index (κ2) is 53.2. The molecule has 2 fully saturated rings. The molecule has 1 amide bonds. The van der Waals surface area contributed by atoms with Gasteiger partial charge in [-0.15, -0.1) is 0 Å². The molecule has 0 spiro atoms. The molecule has 9 N–H and O–H groups in total. The maximum atomic E-state index is 13.3. The first kappa shape index (κ1) is 76.1. The third-order valence-corrected chi connectivity index (χ3v) is 17.6. The van der Waals surface area contributed by atoms with Crippen LogP contribution in [0.1, 0.15) is 328 Å². The molecule has 14 heteroatoms. The van der Waals surface area contributed by atoms with Crippen LogP contribution in [0.15, 0.2) is 0 Å². The molecule has 2 heterocycles. The standard InChI is InChI=1S/C67H131NO13/c1-3-5-7-9-11-13-15-16-17-18-19-20-21-22-23-24-25-26-27-28-29-30-31-32-33-34-35-36-37-38-39-41-43-45-47-49-51-59(72)68-55(56(71)50-48-46-44-42-40-14-12-10-8-6-4-2)54-78-66-64(77)62(75)65(58(53-70)80-66)81-67-63(76)61(74)60(73)57(52-69)79-67/h55-58,60-67,69-71,73-77H,3-54H2,1-2H3,(H,68,72)/t55-,56+,57+,58+,60-,61?,62?,63?,64?,65+,66+,67-/m0/s1. The number of amides is 1. The van der Waals surface area contributed by atoms with Crippen molar-refractivity contribution in [1.82, 2.24) is 5.32 Å². The summed E-state index contributed by atoms with van der Waals surface area (Å²) in [5, 5.41) is 87.2. The van der Waals surface area contributed by atoms with Crippen molar-refractivity contribution in [2.45, 2.75) is 402 Å². The van der Waals surface area contributed by atoms with Gasteiger partial charge in [-0.3, -0.25) is 4.79 Å². The number of ether oxygens (including phenoxy) is 4. The molecule has 0 bridgehead atoms. The van der Waals surface area contributed by atoms with Crippen molar-refractivity contribution in [2.75, 3.05) is 19.8 Å². The highest BCUT2D eigenvalue weighted by atomic mass is 16.7. The number of hydrogen-bond donors (Lipinski definition) is 9. The fraction of sp³-hybridized carbons (Fsp3) is 0.985. The van der Waals surface area contributed by atoms with E-state index < -0.39 is 86.8 Å². The first-order valence-electron chi connectivity index (χ1n) is 34.8. The van der Waals surface area contributed by atoms with Crippen LogP contribution in [0.2, 0.25) is 0 Å². The van der Waals surface area contributed by atoms with E-state index in [9.17, 15) is 45.6 Å². The predicted octanol–water partition coefficient (Wildman–Crippen LogP) is 13.6. The van der Waals surface area contributed by atoms with Gasteiger partial charge in [0, 0.05) is 6.42 Å². The molecule has 0 aliphatic carbocycles. The average Bonchev–Trinajstić information content (AvgIpc) is 3.46. The third kappa shape index (κ3) is 38.0. The molecule has 0 aromatic rings. The molecular formula is C67H131NO13. The summed E-state index contributed by atoms with van der Waals surface area (Å²) in [4.78, 5) is 13.3. The Labute approximate surface area is 495 Å². The minimum atomic E-state index is -1.78. The van der Waals surface area contributed by atoms with Crippen molar-refractivity contribution in [3.8, 4) is 0 Å². The van der Waals surface area contributed by atoms with E-state index in [1.54, 1.807) is 0 Å². The van der Waals surface area contributed by atoms with E-state index >= 15 is 0 Å². The van der Waals surface area contributed by atoms with Crippen molar-refractivity contribution in [2.24, 2.45) is 0 Å². The van der Waals surface area contributed by atoms with Gasteiger partial charge < -0.3 is 65.1 Å². The van der Waals surface area contributed by atoms with Gasteiger partial charge in [-0.2, -0.15) is 0 Å². The minimum absolute atomic E-state index is 0.200. The number of rotatable bonds is 58. The van der Waals surface area contributed by atoms with Crippen LogP contribution in [0, 0.1) is 0 Å². The molecule has 4 unspecified atom stereocenters. The molecule has 2 aliphatic heterocycles. The highest BCUT2D eigenvalue weighted by molar-refractivity contribution is 5.76. The molecule has 2 aliphatic rings. The molecule has 0 saturated carbocycles. The molecule has 12 atom stereocenters. The summed E-state index contributed by atoms with van der Waals surface area (Å²) in [6.07, 6.45) is 45.9. The van der Waals surface area contributed by atoms with Gasteiger partial charge in [0.05, 0.1) is 32.0 Å². The smallest absolute Gasteiger partial charge is 0.220 e. The maximum Gasteiger partial charge on any atom is 0.220 e. The molecule has 0 aromatic heterocycles. The molecule has 81 heavy (non-hydrogen) atoms. The summed E-state index contributed by atoms with van der Waals surface area (Å²) in [6.45, 7) is 2.89. The Balaban J connectivity index is 1.54. The lowest BCUT2D eigenvalue weighted by Gasteiger charge is -2.46. The molecule has 14 nitrogen and oxygen atoms in total. The van der Waals surface area contributed by atoms with Gasteiger partial charge >= 0.3 is 0 Å². The van der Waals surface area contributed by atoms with Crippen molar-refractivity contribution in [1.29, 1.82) is 0 Å². The normalized spacial score (nSPS) is 24.0. The SMILES string of the molecule is CCCCCCCCCCCCCCCCCCCCCCCCCCCCCCCCCCCCCCC(=O)N[C@@H](CO[C@@H]1O[C@H](CO)[C@@H](O[C@@H]2O[C@H](CO)[C@H](O)C(O)C2O)C(O)C1O)[C@H](O)CCCCCCCCCCCCC. The monoisotopic (exact) mass is 1160 g/mol. The molecule has 0 radical (unpaired) electrons. The molecular weight excluding hydrogens is 1030 g/mol. The van der Waals surface area contributed by atoms with Crippen LogP contribution >= 0.6 is 0 Å². The summed E-state index contributed by atoms with van der Waals surface area (Å²) in [5.41, 5.74) is 0. The van der Waals surface area contributed by atoms with Gasteiger partial charge in [0.15, 0.2) is 12.6 Å². The number of unbranched alkanes of at least 4 members (excludes halogenated alkanes) is 45. The van der Waals surface area contributed by atoms with Crippen LogP contribution in [-0.4, -0.2) is 140 Å². The first-order valence-corrected chi connectivity index (χ1v) is 34.8. The van der Waals surface area contributed by atoms with Gasteiger partial charge in [0.25, 0.3) is 0 Å². The Bertz CT molecular complexity index is 1360. The van der Waals surface area contributed by atoms with Crippen molar-refractivity contribution >= 4 is 5.91 Å². The van der Waals surface area contributed by atoms with E-state index in [1.807, 2.05) is 0 Å². The van der Waals surface area contributed by atoms with E-state index in [2.05, 4.69) is 19.2 Å². The lowest BCUT2D eigenvalue weighted by molar-refractivity contribution is -0.359. The van der Waals surface area contributed by atoms with Gasteiger partial charge in [0.2, 0.25) is 5.91 Å². The van der Waals surface area contributed by atoms with Crippen molar-refractivity contribution in [3.05, 3.63) is 0 Å². The highest BCUT2D eigenvalue weighted by Gasteiger charge is 2.51. The molecule has 2 rings (SSSR count). The number of carbonyl (C=O) groups is 1. The van der Waals surface area contributed by atoms with Gasteiger partial charge in [-0.05, 0) is 12.8 Å². The zero-order valence-corrected chi connectivity index (χ0v) is 52.3. The summed E-state index contributed by atoms with van der Waals surface area (Å²) < 4.78 is 22.8. The largest absolute Gasteiger partial charge is 0.394 e. The fourth-order valence-corrected chi connectivity index (χ4v) is 12.0. The van der Waals surface area contributed by atoms with E-state index in [0.717, 1.165) is 51.4 Å². The fourth-order valence-electron chi connectivity index (χ4n) is 12.0. The number of aliphatic hydroxyl groups is 8. The van der Waals surface area contributed by atoms with Crippen LogP contribution in [0.25, 0.3) is 0 Å². The van der Waals surface area contributed by atoms with Crippen molar-refractivity contribution < 1.29 is 64.6 Å². The second-order valence-corrected chi connectivity index (χ2v) is 25.0. The quantitative estimate of drug-likeness (QED) is 0.0259. The van der Waals surface area contributed by atoms with Crippen LogP contribution in [0.4, 0.5) is 0 Å². The Morgan fingerprint density at radius 3 is 1.05 bits per heavy atom. The van der Waals surface area contributed by atoms with Gasteiger partial charge in [-0.1, -0.05) is 309 Å². The zero-order valence-electron chi connectivity index (χ0n) is 52.3. The van der Waals surface area contributed by atoms with Gasteiger partial charge in [-0.25, -0.2) is 0 Å². The molecule has 2 saturated heterocycles. The van der Waals surface area contributed by atoms with E-state index in [4.69, 9.17) is 18.9 Å². The lowest BCUT2D eigenvalue weighted by Crippen LogP contribution is -2.65. The highest BCUT2D eigenvalue weighted by Crippen LogP contribution is 2.30. The molecule has 0 aromatic carbocycles. The number of carbonyl (C=O) groups excluding carboxylic acids is 1. The Kier molecular flexibility index (Phi) is 50.0. The zero-order chi connectivity index (χ0) is 58.8. The molecule has 482 valence electrons. The summed E-state index contributed by atoms with van der Waals surface area (Å²) in [6, 6.07) is -0.822. The average molecular weight is 1160 g/mol. The third-order valence-electron chi connectivity index (χ3n) is 17.6. The Morgan fingerprint density at radius 2 is 0.704 bits per heavy atom. The van der Waals surface area contributed by atoms with E-state index in [1.165, 1.54) is 250 Å². The van der Waals surface area contributed by atoms with Crippen LogP contribution < -0.4 is 5.32 Å². The van der Waals surface area contributed by atoms with Crippen molar-refractivity contribution in [3.63, 3.8) is 0 Å². The number of hydrogen-bond acceptors (Lipinski definition) is 13. The summed E-state index contributed by atoms with van der Waals surface area (Å²) in [5.74, 6) is -0.200. The Morgan fingerprint density at radius 1 is 0.395 bits per heavy atom. The van der Waals surface area contributed by atoms with E-state index in [0.29, 0.717) is 12.8 Å². The number of aliphatic hydroxyl groups excluding tert-OH is 8. The Hall–Kier alpha value is -1.01. The lowest BCUT2D eigenvalue weighted by atomic mass is 9.97. The van der Waals surface area contributed by atoms with Crippen LogP contribution in [-0.2, 0) is 23.7 Å². The summed E-state index contributed by atoms with van der Waals surface area (Å²) in [7, 11) is 0. The maximum absolute atomic E-state index is 13.3.